The Bertz CT molecular complexity index is 348. The van der Waals surface area contributed by atoms with E-state index in [4.69, 9.17) is 19.6 Å². The predicted octanol–water partition coefficient (Wildman–Crippen LogP) is -4.53. The maximum Gasteiger partial charge on any atom is 2.00 e. The molecule has 0 aliphatic heterocycles. The smallest absolute Gasteiger partial charge is 0.790 e. The summed E-state index contributed by atoms with van der Waals surface area (Å²) in [5.41, 5.74) is 0. The third-order valence-corrected chi connectivity index (χ3v) is 3.71. The first kappa shape index (κ1) is 29.9. The summed E-state index contributed by atoms with van der Waals surface area (Å²) in [4.78, 5) is 68.3. The van der Waals surface area contributed by atoms with Crippen molar-refractivity contribution in [2.24, 2.45) is 0 Å². The van der Waals surface area contributed by atoms with Crippen LogP contribution in [0, 0.1) is 0 Å². The molecule has 0 rings (SSSR count). The molecule has 14 nitrogen and oxygen atoms in total. The maximum atomic E-state index is 9.63. The van der Waals surface area contributed by atoms with Gasteiger partial charge in [-0.2, -0.15) is 4.31 Å². The van der Waals surface area contributed by atoms with Gasteiger partial charge >= 0.3 is 58.2 Å². The van der Waals surface area contributed by atoms with Crippen LogP contribution in [0.25, 0.3) is 0 Å². The normalized spacial score (nSPS) is 12.4. The van der Waals surface area contributed by atoms with Crippen molar-refractivity contribution in [1.82, 2.24) is 0 Å². The Morgan fingerprint density at radius 3 is 0.850 bits per heavy atom. The molecule has 0 radical (unpaired) electrons. The van der Waals surface area contributed by atoms with Crippen molar-refractivity contribution in [3.63, 3.8) is 0 Å². The minimum atomic E-state index is -5.68. The summed E-state index contributed by atoms with van der Waals surface area (Å²) in [7, 11) is -21.5. The van der Waals surface area contributed by atoms with Crippen LogP contribution < -0.4 is 19.6 Å². The van der Waals surface area contributed by atoms with Crippen LogP contribution in [0.15, 0.2) is 0 Å². The van der Waals surface area contributed by atoms with Gasteiger partial charge in [0.2, 0.25) is 0 Å². The van der Waals surface area contributed by atoms with Crippen LogP contribution in [0.4, 0.5) is 0 Å². The van der Waals surface area contributed by atoms with Crippen molar-refractivity contribution in [2.45, 2.75) is 0 Å². The topological polar surface area (TPSA) is 260 Å². The van der Waals surface area contributed by atoms with E-state index < -0.39 is 31.3 Å². The van der Waals surface area contributed by atoms with Gasteiger partial charge in [0, 0.05) is 0 Å². The van der Waals surface area contributed by atoms with Crippen LogP contribution >= 0.6 is 31.3 Å². The van der Waals surface area contributed by atoms with E-state index >= 15 is 0 Å². The summed E-state index contributed by atoms with van der Waals surface area (Å²) in [6.45, 7) is 0. The molecule has 0 bridgehead atoms. The van der Waals surface area contributed by atoms with E-state index in [9.17, 15) is 37.8 Å². The molecule has 0 saturated carbocycles. The number of hydrogen-bond donors (Lipinski definition) is 4. The standard InChI is InChI=1S/Mg.2H4O7P2.Zn/c;2*1-8(2,3)7-9(4,5)6;/h;2*(H2,1,2,3)(H2,4,5,6);/q+2;;;+2/p-4. The van der Waals surface area contributed by atoms with Crippen LogP contribution in [0.2, 0.25) is 0 Å². The average Bonchev–Trinajstić information content (AvgIpc) is 1.64. The third-order valence-electron chi connectivity index (χ3n) is 0.413. The zero-order valence-electron chi connectivity index (χ0n) is 9.07. The molecule has 0 atom stereocenters. The van der Waals surface area contributed by atoms with Crippen LogP contribution in [0.5, 0.6) is 0 Å². The zero-order valence-corrected chi connectivity index (χ0v) is 17.0. The van der Waals surface area contributed by atoms with E-state index in [0.717, 1.165) is 0 Å². The van der Waals surface area contributed by atoms with Crippen LogP contribution in [0.3, 0.4) is 0 Å². The molecule has 0 amide bonds. The molecule has 20 heteroatoms. The molecule has 0 spiro atoms. The fourth-order valence-electron chi connectivity index (χ4n) is 0.261. The number of phosphoric acid groups is 4. The molecule has 20 heavy (non-hydrogen) atoms. The van der Waals surface area contributed by atoms with Gasteiger partial charge in [-0.25, -0.2) is 9.13 Å². The van der Waals surface area contributed by atoms with Gasteiger partial charge in [0.1, 0.15) is 0 Å². The molecule has 0 saturated heterocycles. The first-order valence-corrected chi connectivity index (χ1v) is 8.97. The Labute approximate surface area is 139 Å². The van der Waals surface area contributed by atoms with Gasteiger partial charge in [0.15, 0.2) is 0 Å². The second kappa shape index (κ2) is 10.6. The second-order valence-electron chi connectivity index (χ2n) is 2.04. The van der Waals surface area contributed by atoms with Gasteiger partial charge in [0.25, 0.3) is 0 Å². The van der Waals surface area contributed by atoms with Crippen molar-refractivity contribution in [3.8, 4) is 0 Å². The van der Waals surface area contributed by atoms with E-state index in [0.29, 0.717) is 0 Å². The molecular formula is H4MgO14P4Zn. The minimum absolute atomic E-state index is 0. The first-order valence-electron chi connectivity index (χ1n) is 2.99. The molecule has 112 valence electrons. The molecular weight excluding hydrogens is 438 g/mol. The van der Waals surface area contributed by atoms with E-state index in [1.54, 1.807) is 0 Å². The SMILES string of the molecule is O=P(O)(O)OP(=O)(O)O.O=P([O-])([O-])OP(=O)([O-])[O-].[Mg+2].[Zn+2]. The number of hydrogen-bond acceptors (Lipinski definition) is 10. The zero-order chi connectivity index (χ0) is 15.4. The fourth-order valence-corrected chi connectivity index (χ4v) is 2.35. The quantitative estimate of drug-likeness (QED) is 0.236. The van der Waals surface area contributed by atoms with Gasteiger partial charge in [-0.3, -0.25) is 0 Å². The van der Waals surface area contributed by atoms with Crippen LogP contribution in [0.1, 0.15) is 0 Å². The second-order valence-corrected chi connectivity index (χ2v) is 7.10. The summed E-state index contributed by atoms with van der Waals surface area (Å²) in [6.07, 6.45) is 0. The van der Waals surface area contributed by atoms with Gasteiger partial charge < -0.3 is 52.6 Å². The monoisotopic (exact) mass is 440 g/mol. The van der Waals surface area contributed by atoms with E-state index in [1.807, 2.05) is 0 Å². The molecule has 0 heterocycles. The summed E-state index contributed by atoms with van der Waals surface area (Å²) in [6, 6.07) is 0. The molecule has 0 aromatic rings. The van der Waals surface area contributed by atoms with Gasteiger partial charge in [0.05, 0.1) is 15.6 Å². The fraction of sp³-hybridized carbons (Fsp3) is 0. The molecule has 0 aromatic heterocycles. The predicted molar refractivity (Wildman–Crippen MR) is 47.2 cm³/mol. The third kappa shape index (κ3) is 36.8. The number of rotatable bonds is 4. The Hall–Kier alpha value is 1.91. The van der Waals surface area contributed by atoms with Gasteiger partial charge in [-0.15, -0.1) is 0 Å². The van der Waals surface area contributed by atoms with Crippen molar-refractivity contribution in [1.29, 1.82) is 0 Å². The Morgan fingerprint density at radius 1 is 0.650 bits per heavy atom. The summed E-state index contributed by atoms with van der Waals surface area (Å²) in [5.74, 6) is 0. The summed E-state index contributed by atoms with van der Waals surface area (Å²) >= 11 is 0. The molecule has 0 aromatic carbocycles. The molecule has 0 unspecified atom stereocenters. The maximum absolute atomic E-state index is 9.63. The van der Waals surface area contributed by atoms with E-state index in [2.05, 4.69) is 8.62 Å². The van der Waals surface area contributed by atoms with Gasteiger partial charge in [-0.1, -0.05) is 0 Å². The molecule has 0 aliphatic carbocycles. The summed E-state index contributed by atoms with van der Waals surface area (Å²) in [5, 5.41) is 0. The van der Waals surface area contributed by atoms with E-state index in [-0.39, 0.29) is 42.5 Å². The Morgan fingerprint density at radius 2 is 0.850 bits per heavy atom. The van der Waals surface area contributed by atoms with E-state index in [1.165, 1.54) is 0 Å². The summed E-state index contributed by atoms with van der Waals surface area (Å²) < 4.78 is 43.4. The molecule has 4 N–H and O–H groups in total. The van der Waals surface area contributed by atoms with Crippen LogP contribution in [-0.2, 0) is 46.4 Å². The van der Waals surface area contributed by atoms with Crippen molar-refractivity contribution in [2.75, 3.05) is 0 Å². The Kier molecular flexibility index (Phi) is 15.9. The average molecular weight is 442 g/mol. The largest absolute Gasteiger partial charge is 2.00 e. The van der Waals surface area contributed by atoms with Crippen molar-refractivity contribution in [3.05, 3.63) is 0 Å². The van der Waals surface area contributed by atoms with Crippen molar-refractivity contribution >= 4 is 54.3 Å². The first-order chi connectivity index (χ1) is 7.41. The molecule has 0 aliphatic rings. The van der Waals surface area contributed by atoms with Gasteiger partial charge in [-0.05, 0) is 0 Å². The Balaban J connectivity index is -0.000000116. The molecule has 0 fully saturated rings. The van der Waals surface area contributed by atoms with Crippen molar-refractivity contribution < 1.29 is 85.5 Å². The van der Waals surface area contributed by atoms with Crippen LogP contribution in [-0.4, -0.2) is 42.6 Å². The minimum Gasteiger partial charge on any atom is -0.790 e.